The van der Waals surface area contributed by atoms with Crippen molar-refractivity contribution in [3.63, 3.8) is 0 Å². The number of H-pyrrole nitrogens is 1. The second kappa shape index (κ2) is 7.14. The molecule has 0 bridgehead atoms. The lowest BCUT2D eigenvalue weighted by Gasteiger charge is -2.41. The first-order chi connectivity index (χ1) is 13.0. The van der Waals surface area contributed by atoms with Gasteiger partial charge in [0, 0.05) is 32.5 Å². The molecule has 1 aromatic rings. The maximum absolute atomic E-state index is 12.5. The second-order valence-corrected chi connectivity index (χ2v) is 8.10. The SMILES string of the molecule is CCc1cc(CNC(=O)N2CCC3(CC2)CN(C(C)=O)[C@@H]2COC[C@@H]23)[nH]n1. The Hall–Kier alpha value is -2.09. The summed E-state index contributed by atoms with van der Waals surface area (Å²) < 4.78 is 5.70. The van der Waals surface area contributed by atoms with Crippen LogP contribution in [0.3, 0.4) is 0 Å². The molecule has 1 spiro atoms. The number of nitrogens with one attached hydrogen (secondary N) is 2. The number of aryl methyl sites for hydroxylation is 1. The Morgan fingerprint density at radius 3 is 2.81 bits per heavy atom. The molecule has 0 saturated carbocycles. The standard InChI is InChI=1S/C19H29N5O3/c1-3-14-8-15(22-21-14)9-20-18(26)23-6-4-19(5-7-23)12-24(13(2)25)17-11-27-10-16(17)19/h8,16-17H,3-7,9-12H2,1-2H3,(H,20,26)(H,21,22)/t16-,17+/m0/s1. The molecule has 27 heavy (non-hydrogen) atoms. The highest BCUT2D eigenvalue weighted by Crippen LogP contribution is 2.50. The largest absolute Gasteiger partial charge is 0.379 e. The Morgan fingerprint density at radius 2 is 2.15 bits per heavy atom. The Balaban J connectivity index is 1.33. The summed E-state index contributed by atoms with van der Waals surface area (Å²) in [5.74, 6) is 0.544. The van der Waals surface area contributed by atoms with Crippen LogP contribution in [0.25, 0.3) is 0 Å². The highest BCUT2D eigenvalue weighted by molar-refractivity contribution is 5.75. The highest BCUT2D eigenvalue weighted by Gasteiger charge is 2.56. The summed E-state index contributed by atoms with van der Waals surface area (Å²) in [5, 5.41) is 10.1. The van der Waals surface area contributed by atoms with E-state index in [4.69, 9.17) is 4.74 Å². The van der Waals surface area contributed by atoms with Crippen LogP contribution in [0.15, 0.2) is 6.07 Å². The molecule has 0 unspecified atom stereocenters. The van der Waals surface area contributed by atoms with Gasteiger partial charge in [-0.2, -0.15) is 5.10 Å². The maximum Gasteiger partial charge on any atom is 0.317 e. The normalized spacial score (nSPS) is 26.4. The lowest BCUT2D eigenvalue weighted by atomic mass is 9.70. The third-order valence-electron chi connectivity index (χ3n) is 6.65. The van der Waals surface area contributed by atoms with Gasteiger partial charge in [0.15, 0.2) is 0 Å². The highest BCUT2D eigenvalue weighted by atomic mass is 16.5. The van der Waals surface area contributed by atoms with Gasteiger partial charge in [0.1, 0.15) is 0 Å². The van der Waals surface area contributed by atoms with Gasteiger partial charge in [-0.15, -0.1) is 0 Å². The molecule has 3 fully saturated rings. The van der Waals surface area contributed by atoms with E-state index in [1.807, 2.05) is 15.9 Å². The van der Waals surface area contributed by atoms with Crippen LogP contribution in [-0.4, -0.2) is 70.8 Å². The van der Waals surface area contributed by atoms with Crippen molar-refractivity contribution >= 4 is 11.9 Å². The van der Waals surface area contributed by atoms with Gasteiger partial charge in [-0.05, 0) is 30.7 Å². The van der Waals surface area contributed by atoms with Gasteiger partial charge in [0.2, 0.25) is 5.91 Å². The minimum Gasteiger partial charge on any atom is -0.379 e. The Morgan fingerprint density at radius 1 is 1.37 bits per heavy atom. The fourth-order valence-electron chi connectivity index (χ4n) is 5.00. The third kappa shape index (κ3) is 3.31. The predicted octanol–water partition coefficient (Wildman–Crippen LogP) is 1.14. The summed E-state index contributed by atoms with van der Waals surface area (Å²) in [6.45, 7) is 7.82. The molecule has 4 rings (SSSR count). The number of likely N-dealkylation sites (tertiary alicyclic amines) is 2. The molecule has 3 aliphatic heterocycles. The summed E-state index contributed by atoms with van der Waals surface area (Å²) >= 11 is 0. The van der Waals surface area contributed by atoms with E-state index in [1.54, 1.807) is 6.92 Å². The zero-order valence-corrected chi connectivity index (χ0v) is 16.2. The van der Waals surface area contributed by atoms with Crippen molar-refractivity contribution in [1.29, 1.82) is 0 Å². The van der Waals surface area contributed by atoms with E-state index >= 15 is 0 Å². The van der Waals surface area contributed by atoms with Crippen molar-refractivity contribution in [1.82, 2.24) is 25.3 Å². The number of carbonyl (C=O) groups is 2. The van der Waals surface area contributed by atoms with E-state index in [-0.39, 0.29) is 23.4 Å². The second-order valence-electron chi connectivity index (χ2n) is 8.10. The van der Waals surface area contributed by atoms with Crippen LogP contribution in [0.1, 0.15) is 38.1 Å². The molecule has 2 N–H and O–H groups in total. The molecule has 3 amide bonds. The first-order valence-corrected chi connectivity index (χ1v) is 9.93. The topological polar surface area (TPSA) is 90.6 Å². The van der Waals surface area contributed by atoms with Crippen LogP contribution in [0.2, 0.25) is 0 Å². The van der Waals surface area contributed by atoms with Crippen molar-refractivity contribution < 1.29 is 14.3 Å². The smallest absolute Gasteiger partial charge is 0.317 e. The van der Waals surface area contributed by atoms with Crippen LogP contribution < -0.4 is 5.32 Å². The zero-order chi connectivity index (χ0) is 19.0. The van der Waals surface area contributed by atoms with E-state index in [1.165, 1.54) is 0 Å². The van der Waals surface area contributed by atoms with Gasteiger partial charge in [-0.25, -0.2) is 4.79 Å². The molecule has 148 valence electrons. The van der Waals surface area contributed by atoms with Crippen LogP contribution in [0.4, 0.5) is 4.79 Å². The van der Waals surface area contributed by atoms with Crippen LogP contribution >= 0.6 is 0 Å². The summed E-state index contributed by atoms with van der Waals surface area (Å²) in [6.07, 6.45) is 2.74. The van der Waals surface area contributed by atoms with Crippen LogP contribution in [0, 0.1) is 11.3 Å². The van der Waals surface area contributed by atoms with Gasteiger partial charge in [0.05, 0.1) is 37.2 Å². The molecule has 8 heteroatoms. The molecule has 4 heterocycles. The number of amides is 3. The maximum atomic E-state index is 12.5. The monoisotopic (exact) mass is 375 g/mol. The van der Waals surface area contributed by atoms with Crippen molar-refractivity contribution in [2.75, 3.05) is 32.8 Å². The van der Waals surface area contributed by atoms with Crippen LogP contribution in [-0.2, 0) is 22.5 Å². The number of urea groups is 1. The molecular formula is C19H29N5O3. The Labute approximate surface area is 159 Å². The fraction of sp³-hybridized carbons (Fsp3) is 0.737. The van der Waals surface area contributed by atoms with Crippen LogP contribution in [0.5, 0.6) is 0 Å². The average Bonchev–Trinajstić information content (AvgIpc) is 3.38. The first-order valence-electron chi connectivity index (χ1n) is 9.93. The number of nitrogens with zero attached hydrogens (tertiary/aromatic N) is 3. The molecule has 2 atom stereocenters. The third-order valence-corrected chi connectivity index (χ3v) is 6.65. The lowest BCUT2D eigenvalue weighted by Crippen LogP contribution is -2.49. The number of aromatic nitrogens is 2. The summed E-state index contributed by atoms with van der Waals surface area (Å²) in [5.41, 5.74) is 2.03. The van der Waals surface area contributed by atoms with Crippen molar-refractivity contribution in [3.05, 3.63) is 17.5 Å². The molecule has 0 radical (unpaired) electrons. The lowest BCUT2D eigenvalue weighted by molar-refractivity contribution is -0.130. The van der Waals surface area contributed by atoms with Gasteiger partial charge in [-0.1, -0.05) is 6.92 Å². The minimum absolute atomic E-state index is 0.0295. The molecule has 0 aromatic carbocycles. The minimum atomic E-state index is -0.0295. The molecular weight excluding hydrogens is 346 g/mol. The van der Waals surface area contributed by atoms with E-state index < -0.39 is 0 Å². The predicted molar refractivity (Wildman–Crippen MR) is 98.9 cm³/mol. The van der Waals surface area contributed by atoms with Gasteiger partial charge >= 0.3 is 6.03 Å². The molecule has 8 nitrogen and oxygen atoms in total. The number of hydrogen-bond donors (Lipinski definition) is 2. The van der Waals surface area contributed by atoms with E-state index in [0.717, 1.165) is 56.9 Å². The fourth-order valence-corrected chi connectivity index (χ4v) is 5.00. The number of aromatic amines is 1. The first kappa shape index (κ1) is 18.3. The summed E-state index contributed by atoms with van der Waals surface area (Å²) in [6, 6.07) is 2.18. The Kier molecular flexibility index (Phi) is 4.84. The number of ether oxygens (including phenoxy) is 1. The molecule has 3 aliphatic rings. The number of fused-ring (bicyclic) bond motifs is 2. The summed E-state index contributed by atoms with van der Waals surface area (Å²) in [7, 11) is 0. The zero-order valence-electron chi connectivity index (χ0n) is 16.2. The molecule has 0 aliphatic carbocycles. The number of piperidine rings is 1. The van der Waals surface area contributed by atoms with Crippen molar-refractivity contribution in [2.24, 2.45) is 11.3 Å². The van der Waals surface area contributed by atoms with E-state index in [2.05, 4.69) is 22.4 Å². The van der Waals surface area contributed by atoms with Crippen molar-refractivity contribution in [3.8, 4) is 0 Å². The number of rotatable bonds is 3. The average molecular weight is 375 g/mol. The van der Waals surface area contributed by atoms with Gasteiger partial charge in [-0.3, -0.25) is 9.89 Å². The van der Waals surface area contributed by atoms with Crippen molar-refractivity contribution in [2.45, 2.75) is 45.7 Å². The van der Waals surface area contributed by atoms with Gasteiger partial charge in [0.25, 0.3) is 0 Å². The van der Waals surface area contributed by atoms with E-state index in [0.29, 0.717) is 19.1 Å². The Bertz CT molecular complexity index is 710. The molecule has 3 saturated heterocycles. The quantitative estimate of drug-likeness (QED) is 0.829. The van der Waals surface area contributed by atoms with Gasteiger partial charge < -0.3 is 19.9 Å². The van der Waals surface area contributed by atoms with E-state index in [9.17, 15) is 9.59 Å². The molecule has 1 aromatic heterocycles. The summed E-state index contributed by atoms with van der Waals surface area (Å²) in [4.78, 5) is 28.5. The number of carbonyl (C=O) groups excluding carboxylic acids is 2. The number of hydrogen-bond acceptors (Lipinski definition) is 4.